The molecule has 2 fully saturated rings. The molecule has 0 unspecified atom stereocenters. The molecule has 5 heteroatoms. The fraction of sp³-hybridized carbons (Fsp3) is 0.571. The summed E-state index contributed by atoms with van der Waals surface area (Å²) in [5.74, 6) is 0.831. The number of nitrogens with two attached hydrogens (primary N) is 1. The number of carbonyl (C=O) groups is 1. The fourth-order valence-electron chi connectivity index (χ4n) is 3.24. The molecule has 0 aliphatic carbocycles. The zero-order valence-electron chi connectivity index (χ0n) is 11.1. The molecule has 2 aliphatic rings. The minimum absolute atomic E-state index is 0.158. The standard InChI is InChI=1S/C14H20N4O/c15-12-11(3-1-6-16-12)9-18-8-5-14(10-18)4-2-7-17-13(14)19/h1,3,6H,2,4-5,7-10H2,(H2,15,16)(H,17,19)/t14-/m1/s1. The van der Waals surface area contributed by atoms with E-state index in [1.807, 2.05) is 12.1 Å². The number of piperidine rings is 1. The van der Waals surface area contributed by atoms with Crippen LogP contribution in [-0.4, -0.2) is 35.4 Å². The third-order valence-electron chi connectivity index (χ3n) is 4.35. The number of nitrogens with one attached hydrogen (secondary N) is 1. The number of nitrogens with zero attached hydrogens (tertiary/aromatic N) is 2. The van der Waals surface area contributed by atoms with Gasteiger partial charge in [0, 0.05) is 31.4 Å². The van der Waals surface area contributed by atoms with Crippen LogP contribution in [0.2, 0.25) is 0 Å². The predicted molar refractivity (Wildman–Crippen MR) is 73.2 cm³/mol. The number of rotatable bonds is 2. The minimum atomic E-state index is -0.158. The van der Waals surface area contributed by atoms with Gasteiger partial charge in [-0.1, -0.05) is 6.07 Å². The van der Waals surface area contributed by atoms with E-state index >= 15 is 0 Å². The number of likely N-dealkylation sites (tertiary alicyclic amines) is 1. The first kappa shape index (κ1) is 12.4. The second kappa shape index (κ2) is 4.81. The van der Waals surface area contributed by atoms with Crippen molar-refractivity contribution in [2.24, 2.45) is 5.41 Å². The van der Waals surface area contributed by atoms with Gasteiger partial charge in [0.05, 0.1) is 5.41 Å². The average Bonchev–Trinajstić information content (AvgIpc) is 2.81. The molecule has 0 bridgehead atoms. The summed E-state index contributed by atoms with van der Waals surface area (Å²) in [4.78, 5) is 18.5. The lowest BCUT2D eigenvalue weighted by Crippen LogP contribution is -2.47. The first-order chi connectivity index (χ1) is 9.20. The SMILES string of the molecule is Nc1ncccc1CN1CC[C@]2(CCCNC2=O)C1. The number of pyridine rings is 1. The number of carbonyl (C=O) groups excluding carboxylic acids is 1. The van der Waals surface area contributed by atoms with Gasteiger partial charge in [0.2, 0.25) is 5.91 Å². The smallest absolute Gasteiger partial charge is 0.227 e. The Hall–Kier alpha value is -1.62. The van der Waals surface area contributed by atoms with Crippen molar-refractivity contribution in [1.82, 2.24) is 15.2 Å². The highest BCUT2D eigenvalue weighted by Crippen LogP contribution is 2.38. The Bertz CT molecular complexity index is 490. The zero-order chi connectivity index (χ0) is 13.3. The molecule has 1 aromatic heterocycles. The van der Waals surface area contributed by atoms with Crippen molar-refractivity contribution in [3.05, 3.63) is 23.9 Å². The van der Waals surface area contributed by atoms with Crippen LogP contribution in [0.5, 0.6) is 0 Å². The van der Waals surface area contributed by atoms with Crippen molar-refractivity contribution < 1.29 is 4.79 Å². The molecule has 3 heterocycles. The lowest BCUT2D eigenvalue weighted by Gasteiger charge is -2.32. The predicted octanol–water partition coefficient (Wildman–Crippen LogP) is 0.766. The van der Waals surface area contributed by atoms with E-state index in [0.29, 0.717) is 5.82 Å². The normalized spacial score (nSPS) is 27.7. The summed E-state index contributed by atoms with van der Waals surface area (Å²) in [7, 11) is 0. The number of amides is 1. The molecule has 2 saturated heterocycles. The van der Waals surface area contributed by atoms with Crippen molar-refractivity contribution in [2.75, 3.05) is 25.4 Å². The molecular weight excluding hydrogens is 240 g/mol. The molecular formula is C14H20N4O. The highest BCUT2D eigenvalue weighted by molar-refractivity contribution is 5.84. The van der Waals surface area contributed by atoms with Gasteiger partial charge in [-0.2, -0.15) is 0 Å². The van der Waals surface area contributed by atoms with Crippen molar-refractivity contribution in [3.8, 4) is 0 Å². The molecule has 2 aliphatic heterocycles. The van der Waals surface area contributed by atoms with Gasteiger partial charge in [-0.05, 0) is 31.9 Å². The van der Waals surface area contributed by atoms with Gasteiger partial charge in [0.15, 0.2) is 0 Å². The van der Waals surface area contributed by atoms with Gasteiger partial charge < -0.3 is 11.1 Å². The van der Waals surface area contributed by atoms with E-state index in [9.17, 15) is 4.79 Å². The lowest BCUT2D eigenvalue weighted by molar-refractivity contribution is -0.132. The molecule has 1 spiro atoms. The van der Waals surface area contributed by atoms with Crippen molar-refractivity contribution >= 4 is 11.7 Å². The van der Waals surface area contributed by atoms with Crippen LogP contribution < -0.4 is 11.1 Å². The van der Waals surface area contributed by atoms with Crippen LogP contribution in [-0.2, 0) is 11.3 Å². The highest BCUT2D eigenvalue weighted by atomic mass is 16.2. The van der Waals surface area contributed by atoms with E-state index in [4.69, 9.17) is 5.73 Å². The summed E-state index contributed by atoms with van der Waals surface area (Å²) in [6.07, 6.45) is 4.77. The Morgan fingerprint density at radius 2 is 2.37 bits per heavy atom. The number of hydrogen-bond acceptors (Lipinski definition) is 4. The molecule has 3 rings (SSSR count). The molecule has 3 N–H and O–H groups in total. The molecule has 1 aromatic rings. The summed E-state index contributed by atoms with van der Waals surface area (Å²) < 4.78 is 0. The first-order valence-corrected chi connectivity index (χ1v) is 6.90. The van der Waals surface area contributed by atoms with Gasteiger partial charge in [-0.3, -0.25) is 9.69 Å². The molecule has 102 valence electrons. The Morgan fingerprint density at radius 1 is 1.47 bits per heavy atom. The van der Waals surface area contributed by atoms with E-state index in [-0.39, 0.29) is 11.3 Å². The Labute approximate surface area is 113 Å². The lowest BCUT2D eigenvalue weighted by atomic mass is 9.79. The van der Waals surface area contributed by atoms with Gasteiger partial charge >= 0.3 is 0 Å². The summed E-state index contributed by atoms with van der Waals surface area (Å²) >= 11 is 0. The van der Waals surface area contributed by atoms with Crippen LogP contribution in [0, 0.1) is 5.41 Å². The quantitative estimate of drug-likeness (QED) is 0.824. The van der Waals surface area contributed by atoms with Gasteiger partial charge in [0.1, 0.15) is 5.82 Å². The molecule has 1 amide bonds. The van der Waals surface area contributed by atoms with Gasteiger partial charge in [0.25, 0.3) is 0 Å². The molecule has 0 aromatic carbocycles. The fourth-order valence-corrected chi connectivity index (χ4v) is 3.24. The van der Waals surface area contributed by atoms with Crippen LogP contribution in [0.4, 0.5) is 5.82 Å². The van der Waals surface area contributed by atoms with Crippen LogP contribution >= 0.6 is 0 Å². The van der Waals surface area contributed by atoms with Crippen LogP contribution in [0.15, 0.2) is 18.3 Å². The summed E-state index contributed by atoms with van der Waals surface area (Å²) in [6.45, 7) is 3.42. The monoisotopic (exact) mass is 260 g/mol. The average molecular weight is 260 g/mol. The summed E-state index contributed by atoms with van der Waals surface area (Å²) in [5, 5.41) is 3.01. The topological polar surface area (TPSA) is 71.2 Å². The number of aromatic nitrogens is 1. The van der Waals surface area contributed by atoms with E-state index in [1.54, 1.807) is 6.20 Å². The maximum atomic E-state index is 12.1. The number of nitrogen functional groups attached to an aromatic ring is 1. The van der Waals surface area contributed by atoms with E-state index in [1.165, 1.54) is 0 Å². The summed E-state index contributed by atoms with van der Waals surface area (Å²) in [6, 6.07) is 3.92. The third-order valence-corrected chi connectivity index (χ3v) is 4.35. The van der Waals surface area contributed by atoms with Gasteiger partial charge in [-0.15, -0.1) is 0 Å². The Kier molecular flexibility index (Phi) is 3.14. The molecule has 0 saturated carbocycles. The molecule has 19 heavy (non-hydrogen) atoms. The van der Waals surface area contributed by atoms with Gasteiger partial charge in [-0.25, -0.2) is 4.98 Å². The summed E-state index contributed by atoms with van der Waals surface area (Å²) in [5.41, 5.74) is 6.77. The van der Waals surface area contributed by atoms with E-state index in [2.05, 4.69) is 15.2 Å². The largest absolute Gasteiger partial charge is 0.383 e. The number of anilines is 1. The molecule has 0 radical (unpaired) electrons. The second-order valence-electron chi connectivity index (χ2n) is 5.65. The van der Waals surface area contributed by atoms with Crippen LogP contribution in [0.3, 0.4) is 0 Å². The van der Waals surface area contributed by atoms with Crippen LogP contribution in [0.1, 0.15) is 24.8 Å². The Balaban J connectivity index is 1.69. The van der Waals surface area contributed by atoms with Crippen molar-refractivity contribution in [2.45, 2.75) is 25.8 Å². The molecule has 1 atom stereocenters. The maximum Gasteiger partial charge on any atom is 0.227 e. The Morgan fingerprint density at radius 3 is 3.16 bits per heavy atom. The molecule has 5 nitrogen and oxygen atoms in total. The maximum absolute atomic E-state index is 12.1. The number of hydrogen-bond donors (Lipinski definition) is 2. The zero-order valence-corrected chi connectivity index (χ0v) is 11.1. The highest BCUT2D eigenvalue weighted by Gasteiger charge is 2.45. The third kappa shape index (κ3) is 2.30. The second-order valence-corrected chi connectivity index (χ2v) is 5.65. The minimum Gasteiger partial charge on any atom is -0.383 e. The van der Waals surface area contributed by atoms with E-state index < -0.39 is 0 Å². The van der Waals surface area contributed by atoms with Crippen LogP contribution in [0.25, 0.3) is 0 Å². The first-order valence-electron chi connectivity index (χ1n) is 6.90. The van der Waals surface area contributed by atoms with Crippen molar-refractivity contribution in [3.63, 3.8) is 0 Å². The van der Waals surface area contributed by atoms with E-state index in [0.717, 1.165) is 51.0 Å². The van der Waals surface area contributed by atoms with Crippen molar-refractivity contribution in [1.29, 1.82) is 0 Å².